The van der Waals surface area contributed by atoms with Crippen LogP contribution in [-0.4, -0.2) is 48.9 Å². The van der Waals surface area contributed by atoms with E-state index in [0.29, 0.717) is 19.0 Å². The van der Waals surface area contributed by atoms with Crippen LogP contribution in [0.2, 0.25) is 0 Å². The lowest BCUT2D eigenvalue weighted by Crippen LogP contribution is -2.49. The Balaban J connectivity index is 1.67. The van der Waals surface area contributed by atoms with Gasteiger partial charge in [-0.15, -0.1) is 0 Å². The molecule has 1 aromatic heterocycles. The molecule has 0 saturated carbocycles. The van der Waals surface area contributed by atoms with Crippen LogP contribution < -0.4 is 4.90 Å². The molecule has 0 atom stereocenters. The van der Waals surface area contributed by atoms with Gasteiger partial charge in [0.15, 0.2) is 0 Å². The quantitative estimate of drug-likeness (QED) is 0.806. The van der Waals surface area contributed by atoms with E-state index in [0.717, 1.165) is 12.1 Å². The molecular weight excluding hydrogens is 369 g/mol. The summed E-state index contributed by atoms with van der Waals surface area (Å²) >= 11 is 0. The number of benzene rings is 1. The Morgan fingerprint density at radius 1 is 1.00 bits per heavy atom. The molecular formula is C16H17F3N4O2S. The van der Waals surface area contributed by atoms with Crippen LogP contribution in [0.15, 0.2) is 42.7 Å². The number of halogens is 3. The first-order valence-corrected chi connectivity index (χ1v) is 9.52. The number of sulfonamides is 1. The molecule has 3 rings (SSSR count). The molecule has 0 amide bonds. The molecule has 26 heavy (non-hydrogen) atoms. The number of hydrogen-bond acceptors (Lipinski definition) is 5. The SMILES string of the molecule is O=S(=O)(Cc1cccc(C(F)(F)F)c1)N1CCN(c2ncccn2)CC1. The number of rotatable bonds is 4. The van der Waals surface area contributed by atoms with Crippen LogP contribution in [0.3, 0.4) is 0 Å². The summed E-state index contributed by atoms with van der Waals surface area (Å²) < 4.78 is 64.8. The van der Waals surface area contributed by atoms with Gasteiger partial charge in [-0.1, -0.05) is 18.2 Å². The number of nitrogens with zero attached hydrogens (tertiary/aromatic N) is 4. The Kier molecular flexibility index (Phi) is 5.15. The highest BCUT2D eigenvalue weighted by molar-refractivity contribution is 7.88. The maximum atomic E-state index is 12.8. The minimum absolute atomic E-state index is 0.119. The van der Waals surface area contributed by atoms with Gasteiger partial charge in [-0.25, -0.2) is 18.4 Å². The second-order valence-electron chi connectivity index (χ2n) is 5.89. The van der Waals surface area contributed by atoms with Crippen molar-refractivity contribution < 1.29 is 21.6 Å². The van der Waals surface area contributed by atoms with Gasteiger partial charge < -0.3 is 4.90 Å². The van der Waals surface area contributed by atoms with Gasteiger partial charge in [-0.2, -0.15) is 17.5 Å². The highest BCUT2D eigenvalue weighted by atomic mass is 32.2. The third-order valence-corrected chi connectivity index (χ3v) is 5.92. The van der Waals surface area contributed by atoms with E-state index in [2.05, 4.69) is 9.97 Å². The van der Waals surface area contributed by atoms with E-state index < -0.39 is 27.5 Å². The molecule has 1 saturated heterocycles. The van der Waals surface area contributed by atoms with Crippen molar-refractivity contribution in [2.45, 2.75) is 11.9 Å². The van der Waals surface area contributed by atoms with Crippen molar-refractivity contribution in [1.82, 2.24) is 14.3 Å². The van der Waals surface area contributed by atoms with Crippen molar-refractivity contribution in [1.29, 1.82) is 0 Å². The lowest BCUT2D eigenvalue weighted by molar-refractivity contribution is -0.137. The fraction of sp³-hybridized carbons (Fsp3) is 0.375. The molecule has 0 unspecified atom stereocenters. The third-order valence-electron chi connectivity index (χ3n) is 4.07. The molecule has 1 aromatic carbocycles. The smallest absolute Gasteiger partial charge is 0.338 e. The molecule has 0 radical (unpaired) electrons. The zero-order valence-corrected chi connectivity index (χ0v) is 14.5. The summed E-state index contributed by atoms with van der Waals surface area (Å²) in [4.78, 5) is 10.1. The topological polar surface area (TPSA) is 66.4 Å². The van der Waals surface area contributed by atoms with Crippen LogP contribution in [0.5, 0.6) is 0 Å². The van der Waals surface area contributed by atoms with E-state index in [1.165, 1.54) is 16.4 Å². The second-order valence-corrected chi connectivity index (χ2v) is 7.86. The molecule has 140 valence electrons. The van der Waals surface area contributed by atoms with Gasteiger partial charge in [0.05, 0.1) is 11.3 Å². The van der Waals surface area contributed by atoms with Crippen molar-refractivity contribution in [3.8, 4) is 0 Å². The van der Waals surface area contributed by atoms with Crippen LogP contribution in [-0.2, 0) is 22.0 Å². The normalized spacial score (nSPS) is 16.7. The van der Waals surface area contributed by atoms with E-state index in [-0.39, 0.29) is 18.7 Å². The maximum absolute atomic E-state index is 12.8. The van der Waals surface area contributed by atoms with Crippen molar-refractivity contribution >= 4 is 16.0 Å². The Bertz CT molecular complexity index is 851. The molecule has 10 heteroatoms. The average Bonchev–Trinajstić information content (AvgIpc) is 2.62. The van der Waals surface area contributed by atoms with Crippen molar-refractivity contribution in [3.63, 3.8) is 0 Å². The number of piperazine rings is 1. The largest absolute Gasteiger partial charge is 0.416 e. The summed E-state index contributed by atoms with van der Waals surface area (Å²) in [6, 6.07) is 6.11. The van der Waals surface area contributed by atoms with Crippen LogP contribution >= 0.6 is 0 Å². The zero-order chi connectivity index (χ0) is 18.8. The molecule has 1 aliphatic heterocycles. The zero-order valence-electron chi connectivity index (χ0n) is 13.7. The summed E-state index contributed by atoms with van der Waals surface area (Å²) in [5.74, 6) is 0.0705. The lowest BCUT2D eigenvalue weighted by atomic mass is 10.1. The second kappa shape index (κ2) is 7.20. The number of anilines is 1. The minimum Gasteiger partial charge on any atom is -0.338 e. The highest BCUT2D eigenvalue weighted by Gasteiger charge is 2.32. The number of hydrogen-bond donors (Lipinski definition) is 0. The predicted octanol–water partition coefficient (Wildman–Crippen LogP) is 2.15. The Labute approximate surface area is 149 Å². The van der Waals surface area contributed by atoms with E-state index in [1.807, 2.05) is 4.90 Å². The lowest BCUT2D eigenvalue weighted by Gasteiger charge is -2.33. The summed E-state index contributed by atoms with van der Waals surface area (Å²) in [5, 5.41) is 0. The van der Waals surface area contributed by atoms with Crippen molar-refractivity contribution in [2.75, 3.05) is 31.1 Å². The van der Waals surface area contributed by atoms with Crippen LogP contribution in [0.4, 0.5) is 19.1 Å². The van der Waals surface area contributed by atoms with Crippen LogP contribution in [0, 0.1) is 0 Å². The van der Waals surface area contributed by atoms with Gasteiger partial charge in [-0.3, -0.25) is 0 Å². The molecule has 1 aliphatic rings. The Morgan fingerprint density at radius 2 is 1.65 bits per heavy atom. The van der Waals surface area contributed by atoms with E-state index >= 15 is 0 Å². The average molecular weight is 386 g/mol. The fourth-order valence-corrected chi connectivity index (χ4v) is 4.26. The van der Waals surface area contributed by atoms with Gasteiger partial charge in [0.25, 0.3) is 0 Å². The first-order valence-electron chi connectivity index (χ1n) is 7.92. The van der Waals surface area contributed by atoms with E-state index in [1.54, 1.807) is 18.5 Å². The summed E-state index contributed by atoms with van der Waals surface area (Å²) in [6.45, 7) is 1.32. The summed E-state index contributed by atoms with van der Waals surface area (Å²) in [7, 11) is -3.71. The van der Waals surface area contributed by atoms with Crippen molar-refractivity contribution in [3.05, 3.63) is 53.9 Å². The standard InChI is InChI=1S/C16H17F3N4O2S/c17-16(18,19)14-4-1-3-13(11-14)12-26(24,25)23-9-7-22(8-10-23)15-20-5-2-6-21-15/h1-6,11H,7-10,12H2. The van der Waals surface area contributed by atoms with E-state index in [9.17, 15) is 21.6 Å². The van der Waals surface area contributed by atoms with Gasteiger partial charge in [-0.05, 0) is 17.7 Å². The molecule has 0 aliphatic carbocycles. The molecule has 0 bridgehead atoms. The number of aromatic nitrogens is 2. The minimum atomic E-state index is -4.50. The van der Waals surface area contributed by atoms with Crippen molar-refractivity contribution in [2.24, 2.45) is 0 Å². The highest BCUT2D eigenvalue weighted by Crippen LogP contribution is 2.30. The summed E-state index contributed by atoms with van der Waals surface area (Å²) in [6.07, 6.45) is -1.28. The monoisotopic (exact) mass is 386 g/mol. The van der Waals surface area contributed by atoms with Gasteiger partial charge in [0, 0.05) is 38.6 Å². The van der Waals surface area contributed by atoms with Crippen LogP contribution in [0.25, 0.3) is 0 Å². The van der Waals surface area contributed by atoms with Gasteiger partial charge >= 0.3 is 6.18 Å². The third kappa shape index (κ3) is 4.31. The number of alkyl halides is 3. The molecule has 1 fully saturated rings. The van der Waals surface area contributed by atoms with E-state index in [4.69, 9.17) is 0 Å². The predicted molar refractivity (Wildman–Crippen MR) is 89.9 cm³/mol. The summed E-state index contributed by atoms with van der Waals surface area (Å²) in [5.41, 5.74) is -0.732. The molecule has 6 nitrogen and oxygen atoms in total. The maximum Gasteiger partial charge on any atom is 0.416 e. The first kappa shape index (κ1) is 18.6. The fourth-order valence-electron chi connectivity index (χ4n) is 2.76. The van der Waals surface area contributed by atoms with Gasteiger partial charge in [0.1, 0.15) is 0 Å². The molecule has 2 heterocycles. The van der Waals surface area contributed by atoms with Gasteiger partial charge in [0.2, 0.25) is 16.0 Å². The first-order chi connectivity index (χ1) is 12.3. The molecule has 0 N–H and O–H groups in total. The van der Waals surface area contributed by atoms with Crippen LogP contribution in [0.1, 0.15) is 11.1 Å². The Morgan fingerprint density at radius 3 is 2.27 bits per heavy atom. The molecule has 0 spiro atoms. The Hall–Kier alpha value is -2.20. The molecule has 2 aromatic rings.